The Balaban J connectivity index is 1.58. The van der Waals surface area contributed by atoms with Crippen LogP contribution < -0.4 is 19.5 Å². The number of pyridine rings is 1. The Hall–Kier alpha value is -3.05. The van der Waals surface area contributed by atoms with Crippen LogP contribution in [0.4, 0.5) is 0 Å². The van der Waals surface area contributed by atoms with E-state index in [-0.39, 0.29) is 6.04 Å². The SMILES string of the molecule is COc1cc2c(cc1OC)C(Cc1ccc(-c3ccncc3OC)cc1)NCC2. The lowest BCUT2D eigenvalue weighted by molar-refractivity contribution is 0.352. The van der Waals surface area contributed by atoms with Crippen molar-refractivity contribution in [3.05, 3.63) is 71.5 Å². The lowest BCUT2D eigenvalue weighted by atomic mass is 9.89. The minimum atomic E-state index is 0.250. The van der Waals surface area contributed by atoms with E-state index in [1.54, 1.807) is 33.7 Å². The van der Waals surface area contributed by atoms with Gasteiger partial charge in [-0.05, 0) is 59.8 Å². The average molecular weight is 390 g/mol. The largest absolute Gasteiger partial charge is 0.494 e. The van der Waals surface area contributed by atoms with Crippen LogP contribution in [0.5, 0.6) is 17.2 Å². The van der Waals surface area contributed by atoms with Crippen molar-refractivity contribution in [3.63, 3.8) is 0 Å². The number of nitrogens with zero attached hydrogens (tertiary/aromatic N) is 1. The Morgan fingerprint density at radius 1 is 0.931 bits per heavy atom. The standard InChI is InChI=1S/C24H26N2O3/c1-27-22-13-18-8-11-26-21(20(18)14-23(22)28-2)12-16-4-6-17(7-5-16)19-9-10-25-15-24(19)29-3/h4-7,9-10,13-15,21,26H,8,11-12H2,1-3H3. The van der Waals surface area contributed by atoms with Gasteiger partial charge in [0.05, 0.1) is 27.5 Å². The van der Waals surface area contributed by atoms with E-state index in [0.717, 1.165) is 47.8 Å². The van der Waals surface area contributed by atoms with Crippen LogP contribution in [0.25, 0.3) is 11.1 Å². The average Bonchev–Trinajstić information content (AvgIpc) is 2.79. The van der Waals surface area contributed by atoms with Crippen LogP contribution in [0.1, 0.15) is 22.7 Å². The van der Waals surface area contributed by atoms with E-state index in [1.165, 1.54) is 16.7 Å². The van der Waals surface area contributed by atoms with Gasteiger partial charge in [0.1, 0.15) is 5.75 Å². The lowest BCUT2D eigenvalue weighted by Gasteiger charge is -2.28. The summed E-state index contributed by atoms with van der Waals surface area (Å²) >= 11 is 0. The normalized spacial score (nSPS) is 15.5. The smallest absolute Gasteiger partial charge is 0.161 e. The fourth-order valence-corrected chi connectivity index (χ4v) is 3.99. The number of rotatable bonds is 6. The summed E-state index contributed by atoms with van der Waals surface area (Å²) in [4.78, 5) is 4.13. The molecule has 3 aromatic rings. The van der Waals surface area contributed by atoms with E-state index in [4.69, 9.17) is 14.2 Å². The minimum absolute atomic E-state index is 0.250. The van der Waals surface area contributed by atoms with Crippen molar-refractivity contribution in [2.24, 2.45) is 0 Å². The minimum Gasteiger partial charge on any atom is -0.494 e. The Labute approximate surface area is 171 Å². The van der Waals surface area contributed by atoms with Gasteiger partial charge in [-0.25, -0.2) is 0 Å². The highest BCUT2D eigenvalue weighted by molar-refractivity contribution is 5.69. The van der Waals surface area contributed by atoms with Crippen LogP contribution in [0.15, 0.2) is 54.9 Å². The maximum atomic E-state index is 5.52. The van der Waals surface area contributed by atoms with Gasteiger partial charge in [-0.15, -0.1) is 0 Å². The molecule has 1 aliphatic rings. The van der Waals surface area contributed by atoms with Crippen molar-refractivity contribution in [2.45, 2.75) is 18.9 Å². The molecular weight excluding hydrogens is 364 g/mol. The lowest BCUT2D eigenvalue weighted by Crippen LogP contribution is -2.31. The summed E-state index contributed by atoms with van der Waals surface area (Å²) in [5.74, 6) is 2.35. The van der Waals surface area contributed by atoms with Crippen molar-refractivity contribution >= 4 is 0 Å². The van der Waals surface area contributed by atoms with Gasteiger partial charge in [-0.3, -0.25) is 4.98 Å². The number of benzene rings is 2. The number of hydrogen-bond acceptors (Lipinski definition) is 5. The van der Waals surface area contributed by atoms with Crippen LogP contribution in [0.3, 0.4) is 0 Å². The van der Waals surface area contributed by atoms with Gasteiger partial charge in [0.2, 0.25) is 0 Å². The quantitative estimate of drug-likeness (QED) is 0.684. The molecule has 0 bridgehead atoms. The predicted octanol–water partition coefficient (Wildman–Crippen LogP) is 4.20. The molecule has 0 aliphatic carbocycles. The van der Waals surface area contributed by atoms with E-state index in [1.807, 2.05) is 6.07 Å². The maximum Gasteiger partial charge on any atom is 0.161 e. The highest BCUT2D eigenvalue weighted by Gasteiger charge is 2.23. The summed E-state index contributed by atoms with van der Waals surface area (Å²) in [6.45, 7) is 0.958. The molecule has 0 fully saturated rings. The van der Waals surface area contributed by atoms with Crippen LogP contribution in [-0.2, 0) is 12.8 Å². The number of ether oxygens (including phenoxy) is 3. The van der Waals surface area contributed by atoms with Crippen LogP contribution in [0.2, 0.25) is 0 Å². The van der Waals surface area contributed by atoms with Gasteiger partial charge < -0.3 is 19.5 Å². The molecule has 0 amide bonds. The molecule has 0 spiro atoms. The van der Waals surface area contributed by atoms with Gasteiger partial charge in [-0.2, -0.15) is 0 Å². The molecular formula is C24H26N2O3. The third kappa shape index (κ3) is 3.91. The Kier molecular flexibility index (Phi) is 5.67. The van der Waals surface area contributed by atoms with E-state index in [2.05, 4.69) is 46.7 Å². The molecule has 2 heterocycles. The first-order valence-electron chi connectivity index (χ1n) is 9.79. The van der Waals surface area contributed by atoms with Gasteiger partial charge in [-0.1, -0.05) is 24.3 Å². The highest BCUT2D eigenvalue weighted by Crippen LogP contribution is 2.36. The Bertz CT molecular complexity index is 986. The molecule has 5 heteroatoms. The third-order valence-corrected chi connectivity index (χ3v) is 5.52. The molecule has 0 saturated heterocycles. The molecule has 1 aromatic heterocycles. The molecule has 1 N–H and O–H groups in total. The number of fused-ring (bicyclic) bond motifs is 1. The zero-order valence-corrected chi connectivity index (χ0v) is 17.1. The van der Waals surface area contributed by atoms with Crippen LogP contribution in [-0.4, -0.2) is 32.9 Å². The fourth-order valence-electron chi connectivity index (χ4n) is 3.99. The highest BCUT2D eigenvalue weighted by atomic mass is 16.5. The molecule has 0 saturated carbocycles. The first-order chi connectivity index (χ1) is 14.2. The monoisotopic (exact) mass is 390 g/mol. The molecule has 4 rings (SSSR count). The van der Waals surface area contributed by atoms with E-state index < -0.39 is 0 Å². The van der Waals surface area contributed by atoms with Crippen molar-refractivity contribution in [3.8, 4) is 28.4 Å². The van der Waals surface area contributed by atoms with Gasteiger partial charge in [0.15, 0.2) is 11.5 Å². The van der Waals surface area contributed by atoms with E-state index in [9.17, 15) is 0 Å². The Morgan fingerprint density at radius 3 is 2.38 bits per heavy atom. The summed E-state index contributed by atoms with van der Waals surface area (Å²) in [5, 5.41) is 3.65. The number of aromatic nitrogens is 1. The molecule has 150 valence electrons. The summed E-state index contributed by atoms with van der Waals surface area (Å²) in [7, 11) is 5.04. The fraction of sp³-hybridized carbons (Fsp3) is 0.292. The van der Waals surface area contributed by atoms with Gasteiger partial charge in [0.25, 0.3) is 0 Å². The first-order valence-corrected chi connectivity index (χ1v) is 9.79. The van der Waals surface area contributed by atoms with Crippen molar-refractivity contribution in [1.29, 1.82) is 0 Å². The van der Waals surface area contributed by atoms with E-state index in [0.29, 0.717) is 0 Å². The molecule has 2 aromatic carbocycles. The van der Waals surface area contributed by atoms with Gasteiger partial charge in [0, 0.05) is 17.8 Å². The summed E-state index contributed by atoms with van der Waals surface area (Å²) < 4.78 is 16.4. The summed E-state index contributed by atoms with van der Waals surface area (Å²) in [5.41, 5.74) is 6.06. The van der Waals surface area contributed by atoms with Crippen LogP contribution in [0, 0.1) is 0 Å². The second kappa shape index (κ2) is 8.53. The third-order valence-electron chi connectivity index (χ3n) is 5.52. The molecule has 5 nitrogen and oxygen atoms in total. The summed E-state index contributed by atoms with van der Waals surface area (Å²) in [6.07, 6.45) is 5.44. The maximum absolute atomic E-state index is 5.52. The topological polar surface area (TPSA) is 52.6 Å². The molecule has 1 atom stereocenters. The second-order valence-electron chi connectivity index (χ2n) is 7.14. The number of hydrogen-bond donors (Lipinski definition) is 1. The van der Waals surface area contributed by atoms with Crippen LogP contribution >= 0.6 is 0 Å². The zero-order valence-electron chi connectivity index (χ0n) is 17.1. The molecule has 0 radical (unpaired) electrons. The van der Waals surface area contributed by atoms with E-state index >= 15 is 0 Å². The van der Waals surface area contributed by atoms with Gasteiger partial charge >= 0.3 is 0 Å². The predicted molar refractivity (Wildman–Crippen MR) is 114 cm³/mol. The summed E-state index contributed by atoms with van der Waals surface area (Å²) in [6, 6.07) is 15.1. The second-order valence-corrected chi connectivity index (χ2v) is 7.14. The molecule has 1 unspecified atom stereocenters. The number of nitrogens with one attached hydrogen (secondary N) is 1. The number of methoxy groups -OCH3 is 3. The first kappa shape index (κ1) is 19.3. The van der Waals surface area contributed by atoms with Crippen molar-refractivity contribution in [1.82, 2.24) is 10.3 Å². The van der Waals surface area contributed by atoms with Crippen molar-refractivity contribution in [2.75, 3.05) is 27.9 Å². The molecule has 1 aliphatic heterocycles. The Morgan fingerprint density at radius 2 is 1.66 bits per heavy atom. The molecule has 29 heavy (non-hydrogen) atoms. The zero-order chi connectivity index (χ0) is 20.2. The van der Waals surface area contributed by atoms with Crippen molar-refractivity contribution < 1.29 is 14.2 Å².